The lowest BCUT2D eigenvalue weighted by molar-refractivity contribution is 0.109. The number of nitrogens with one attached hydrogen (secondary N) is 3. The minimum absolute atomic E-state index is 0.425. The predicted octanol–water partition coefficient (Wildman–Crippen LogP) is 0.544. The van der Waals surface area contributed by atoms with Gasteiger partial charge in [0.25, 0.3) is 0 Å². The van der Waals surface area contributed by atoms with Gasteiger partial charge in [-0.1, -0.05) is 13.8 Å². The topological polar surface area (TPSA) is 91.8 Å². The van der Waals surface area contributed by atoms with Crippen LogP contribution in [0.5, 0.6) is 0 Å². The van der Waals surface area contributed by atoms with Crippen LogP contribution in [-0.4, -0.2) is 60.0 Å². The molecule has 0 unspecified atom stereocenters. The van der Waals surface area contributed by atoms with E-state index in [1.54, 1.807) is 0 Å². The van der Waals surface area contributed by atoms with Crippen LogP contribution in [0.3, 0.4) is 0 Å². The molecule has 0 amide bonds. The van der Waals surface area contributed by atoms with Gasteiger partial charge >= 0.3 is 0 Å². The minimum atomic E-state index is -3.10. The van der Waals surface area contributed by atoms with Crippen LogP contribution in [0.25, 0.3) is 0 Å². The predicted molar refractivity (Wildman–Crippen MR) is 91.7 cm³/mol. The second kappa shape index (κ2) is 12.7. The molecule has 0 aromatic heterocycles. The Morgan fingerprint density at radius 3 is 2.50 bits per heavy atom. The van der Waals surface area contributed by atoms with Crippen molar-refractivity contribution in [3.05, 3.63) is 0 Å². The fourth-order valence-electron chi connectivity index (χ4n) is 1.57. The molecule has 0 saturated heterocycles. The van der Waals surface area contributed by atoms with Gasteiger partial charge in [0.05, 0.1) is 6.26 Å². The summed E-state index contributed by atoms with van der Waals surface area (Å²) in [5.41, 5.74) is 0. The molecule has 0 heterocycles. The van der Waals surface area contributed by atoms with Crippen LogP contribution in [0.15, 0.2) is 4.99 Å². The van der Waals surface area contributed by atoms with Crippen LogP contribution in [0.2, 0.25) is 0 Å². The van der Waals surface area contributed by atoms with Gasteiger partial charge in [0.15, 0.2) is 5.96 Å². The van der Waals surface area contributed by atoms with Gasteiger partial charge in [0.1, 0.15) is 0 Å². The number of aliphatic imine (C=N–C) groups is 1. The third-order valence-electron chi connectivity index (χ3n) is 2.52. The Morgan fingerprint density at radius 2 is 1.91 bits per heavy atom. The number of guanidine groups is 1. The number of sulfonamides is 1. The highest BCUT2D eigenvalue weighted by atomic mass is 32.2. The van der Waals surface area contributed by atoms with Crippen LogP contribution in [0, 0.1) is 5.92 Å². The van der Waals surface area contributed by atoms with Gasteiger partial charge in [-0.05, 0) is 25.7 Å². The molecular weight excluding hydrogens is 304 g/mol. The van der Waals surface area contributed by atoms with Crippen molar-refractivity contribution in [2.75, 3.05) is 45.6 Å². The molecule has 3 N–H and O–H groups in total. The fourth-order valence-corrected chi connectivity index (χ4v) is 2.09. The highest BCUT2D eigenvalue weighted by Gasteiger charge is 2.00. The minimum Gasteiger partial charge on any atom is -0.381 e. The molecule has 0 bridgehead atoms. The van der Waals surface area contributed by atoms with Crippen molar-refractivity contribution >= 4 is 16.0 Å². The summed E-state index contributed by atoms with van der Waals surface area (Å²) in [6.07, 6.45) is 2.75. The quantitative estimate of drug-likeness (QED) is 0.275. The Bertz CT molecular complexity index is 397. The highest BCUT2D eigenvalue weighted by molar-refractivity contribution is 7.88. The molecule has 0 spiro atoms. The number of ether oxygens (including phenoxy) is 1. The first-order valence-corrected chi connectivity index (χ1v) is 9.79. The van der Waals surface area contributed by atoms with E-state index in [9.17, 15) is 8.42 Å². The maximum Gasteiger partial charge on any atom is 0.208 e. The Morgan fingerprint density at radius 1 is 1.18 bits per heavy atom. The number of rotatable bonds is 12. The first-order valence-electron chi connectivity index (χ1n) is 7.89. The zero-order valence-corrected chi connectivity index (χ0v) is 15.1. The number of hydrogen-bond acceptors (Lipinski definition) is 4. The molecule has 0 atom stereocenters. The summed E-state index contributed by atoms with van der Waals surface area (Å²) < 4.78 is 29.8. The summed E-state index contributed by atoms with van der Waals surface area (Å²) in [5.74, 6) is 1.31. The molecule has 0 aromatic rings. The van der Waals surface area contributed by atoms with E-state index in [0.717, 1.165) is 38.4 Å². The largest absolute Gasteiger partial charge is 0.381 e. The number of hydrogen-bond donors (Lipinski definition) is 3. The molecule has 22 heavy (non-hydrogen) atoms. The lowest BCUT2D eigenvalue weighted by atomic mass is 10.2. The van der Waals surface area contributed by atoms with E-state index >= 15 is 0 Å². The van der Waals surface area contributed by atoms with Crippen molar-refractivity contribution in [2.45, 2.75) is 33.6 Å². The lowest BCUT2D eigenvalue weighted by Gasteiger charge is -2.11. The van der Waals surface area contributed by atoms with E-state index in [0.29, 0.717) is 32.0 Å². The van der Waals surface area contributed by atoms with Crippen molar-refractivity contribution in [1.29, 1.82) is 0 Å². The highest BCUT2D eigenvalue weighted by Crippen LogP contribution is 1.93. The average Bonchev–Trinajstić information content (AvgIpc) is 2.40. The molecule has 0 aliphatic carbocycles. The molecule has 0 aliphatic rings. The fraction of sp³-hybridized carbons (Fsp3) is 0.929. The molecular formula is C14H32N4O3S. The van der Waals surface area contributed by atoms with Crippen LogP contribution in [-0.2, 0) is 14.8 Å². The van der Waals surface area contributed by atoms with Gasteiger partial charge in [0.2, 0.25) is 10.0 Å². The average molecular weight is 337 g/mol. The Labute approximate surface area is 135 Å². The smallest absolute Gasteiger partial charge is 0.208 e. The summed E-state index contributed by atoms with van der Waals surface area (Å²) in [4.78, 5) is 4.45. The molecule has 0 fully saturated rings. The third-order valence-corrected chi connectivity index (χ3v) is 3.25. The first-order chi connectivity index (χ1) is 10.3. The summed E-state index contributed by atoms with van der Waals surface area (Å²) in [7, 11) is -3.10. The molecule has 0 radical (unpaired) electrons. The van der Waals surface area contributed by atoms with Gasteiger partial charge < -0.3 is 15.4 Å². The van der Waals surface area contributed by atoms with Crippen molar-refractivity contribution in [2.24, 2.45) is 10.9 Å². The monoisotopic (exact) mass is 336 g/mol. The standard InChI is InChI=1S/C14H32N4O3S/c1-5-15-14(16-8-6-10-18-22(4,19)20)17-9-7-11-21-12-13(2)3/h13,18H,5-12H2,1-4H3,(H2,15,16,17). The van der Waals surface area contributed by atoms with Crippen molar-refractivity contribution in [3.8, 4) is 0 Å². The molecule has 0 aliphatic heterocycles. The zero-order chi connectivity index (χ0) is 16.8. The molecule has 8 heteroatoms. The van der Waals surface area contributed by atoms with E-state index in [-0.39, 0.29) is 0 Å². The maximum absolute atomic E-state index is 10.9. The van der Waals surface area contributed by atoms with E-state index < -0.39 is 10.0 Å². The van der Waals surface area contributed by atoms with Gasteiger partial charge in [0, 0.05) is 39.4 Å². The van der Waals surface area contributed by atoms with Gasteiger partial charge in [-0.2, -0.15) is 0 Å². The maximum atomic E-state index is 10.9. The van der Waals surface area contributed by atoms with E-state index in [1.807, 2.05) is 6.92 Å². The van der Waals surface area contributed by atoms with Gasteiger partial charge in [-0.15, -0.1) is 0 Å². The summed E-state index contributed by atoms with van der Waals surface area (Å²) in [6, 6.07) is 0. The van der Waals surface area contributed by atoms with Crippen molar-refractivity contribution in [1.82, 2.24) is 15.4 Å². The van der Waals surface area contributed by atoms with Gasteiger partial charge in [-0.25, -0.2) is 13.1 Å². The Kier molecular flexibility index (Phi) is 12.2. The second-order valence-corrected chi connectivity index (χ2v) is 7.36. The summed E-state index contributed by atoms with van der Waals surface area (Å²) in [6.45, 7) is 10.4. The Balaban J connectivity index is 3.81. The summed E-state index contributed by atoms with van der Waals surface area (Å²) >= 11 is 0. The molecule has 132 valence electrons. The van der Waals surface area contributed by atoms with E-state index in [4.69, 9.17) is 4.74 Å². The van der Waals surface area contributed by atoms with E-state index in [1.165, 1.54) is 0 Å². The van der Waals surface area contributed by atoms with Crippen LogP contribution >= 0.6 is 0 Å². The Hall–Kier alpha value is -0.860. The van der Waals surface area contributed by atoms with Crippen molar-refractivity contribution < 1.29 is 13.2 Å². The van der Waals surface area contributed by atoms with Crippen LogP contribution < -0.4 is 15.4 Å². The first kappa shape index (κ1) is 21.1. The SMILES string of the molecule is CCNC(=NCCCOCC(C)C)NCCCNS(C)(=O)=O. The molecule has 0 rings (SSSR count). The van der Waals surface area contributed by atoms with E-state index in [2.05, 4.69) is 34.2 Å². The molecule has 7 nitrogen and oxygen atoms in total. The summed E-state index contributed by atoms with van der Waals surface area (Å²) in [5, 5.41) is 6.34. The molecule has 0 aromatic carbocycles. The van der Waals surface area contributed by atoms with Crippen molar-refractivity contribution in [3.63, 3.8) is 0 Å². The number of nitrogens with zero attached hydrogens (tertiary/aromatic N) is 1. The zero-order valence-electron chi connectivity index (χ0n) is 14.3. The lowest BCUT2D eigenvalue weighted by Crippen LogP contribution is -2.38. The second-order valence-electron chi connectivity index (χ2n) is 5.53. The normalized spacial score (nSPS) is 12.7. The molecule has 0 saturated carbocycles. The van der Waals surface area contributed by atoms with Crippen LogP contribution in [0.4, 0.5) is 0 Å². The van der Waals surface area contributed by atoms with Crippen LogP contribution in [0.1, 0.15) is 33.6 Å². The third kappa shape index (κ3) is 15.5. The van der Waals surface area contributed by atoms with Gasteiger partial charge in [-0.3, -0.25) is 4.99 Å².